The van der Waals surface area contributed by atoms with E-state index in [2.05, 4.69) is 0 Å². The number of nitrogens with two attached hydrogens (primary N) is 1. The average molecular weight is 282 g/mol. The van der Waals surface area contributed by atoms with Gasteiger partial charge in [-0.1, -0.05) is 35.9 Å². The smallest absolute Gasteiger partial charge is 0.142 e. The van der Waals surface area contributed by atoms with E-state index < -0.39 is 11.4 Å². The third kappa shape index (κ3) is 3.11. The second kappa shape index (κ2) is 5.27. The summed E-state index contributed by atoms with van der Waals surface area (Å²) in [5, 5.41) is 0.0845. The molecular weight excluding hydrogens is 268 g/mol. The Labute approximate surface area is 116 Å². The standard InChI is InChI=1S/C15H14ClF2N/c1-15(19,11-5-7-12(17)8-6-11)9-10-3-2-4-13(18)14(10)16/h2-8H,9,19H2,1H3. The fraction of sp³-hybridized carbons (Fsp3) is 0.200. The van der Waals surface area contributed by atoms with Crippen LogP contribution in [0, 0.1) is 11.6 Å². The Balaban J connectivity index is 2.30. The summed E-state index contributed by atoms with van der Waals surface area (Å²) >= 11 is 5.92. The highest BCUT2D eigenvalue weighted by atomic mass is 35.5. The van der Waals surface area contributed by atoms with Gasteiger partial charge >= 0.3 is 0 Å². The first-order valence-corrected chi connectivity index (χ1v) is 6.26. The van der Waals surface area contributed by atoms with Crippen LogP contribution in [0.3, 0.4) is 0 Å². The molecule has 0 heterocycles. The van der Waals surface area contributed by atoms with E-state index in [1.165, 1.54) is 18.2 Å². The van der Waals surface area contributed by atoms with Crippen LogP contribution < -0.4 is 5.73 Å². The Morgan fingerprint density at radius 2 is 1.74 bits per heavy atom. The molecule has 0 aliphatic carbocycles. The van der Waals surface area contributed by atoms with E-state index in [1.54, 1.807) is 24.3 Å². The first-order chi connectivity index (χ1) is 8.90. The van der Waals surface area contributed by atoms with Crippen LogP contribution in [0.25, 0.3) is 0 Å². The molecule has 0 amide bonds. The van der Waals surface area contributed by atoms with Gasteiger partial charge in [0, 0.05) is 5.54 Å². The third-order valence-electron chi connectivity index (χ3n) is 3.09. The lowest BCUT2D eigenvalue weighted by atomic mass is 9.86. The molecule has 2 aromatic carbocycles. The fourth-order valence-corrected chi connectivity index (χ4v) is 2.21. The molecule has 2 N–H and O–H groups in total. The zero-order valence-electron chi connectivity index (χ0n) is 10.5. The highest BCUT2D eigenvalue weighted by molar-refractivity contribution is 6.31. The minimum atomic E-state index is -0.745. The summed E-state index contributed by atoms with van der Waals surface area (Å²) in [6.07, 6.45) is 0.370. The van der Waals surface area contributed by atoms with Gasteiger partial charge in [-0.15, -0.1) is 0 Å². The lowest BCUT2D eigenvalue weighted by molar-refractivity contribution is 0.488. The quantitative estimate of drug-likeness (QED) is 0.903. The van der Waals surface area contributed by atoms with Crippen molar-refractivity contribution in [2.45, 2.75) is 18.9 Å². The van der Waals surface area contributed by atoms with Crippen LogP contribution in [0.5, 0.6) is 0 Å². The number of hydrogen-bond acceptors (Lipinski definition) is 1. The van der Waals surface area contributed by atoms with Gasteiger partial charge in [-0.2, -0.15) is 0 Å². The molecule has 1 nitrogen and oxygen atoms in total. The molecule has 0 aliphatic heterocycles. The number of rotatable bonds is 3. The SMILES string of the molecule is CC(N)(Cc1cccc(F)c1Cl)c1ccc(F)cc1. The zero-order valence-corrected chi connectivity index (χ0v) is 11.2. The van der Waals surface area contributed by atoms with Gasteiger partial charge in [0.1, 0.15) is 11.6 Å². The molecule has 100 valence electrons. The van der Waals surface area contributed by atoms with E-state index in [0.29, 0.717) is 12.0 Å². The van der Waals surface area contributed by atoms with Crippen LogP contribution in [-0.4, -0.2) is 0 Å². The maximum absolute atomic E-state index is 13.4. The van der Waals surface area contributed by atoms with Crippen LogP contribution in [0.15, 0.2) is 42.5 Å². The molecule has 0 spiro atoms. The number of benzene rings is 2. The van der Waals surface area contributed by atoms with Crippen molar-refractivity contribution in [1.82, 2.24) is 0 Å². The van der Waals surface area contributed by atoms with E-state index in [0.717, 1.165) is 5.56 Å². The summed E-state index contributed by atoms with van der Waals surface area (Å²) in [4.78, 5) is 0. The Morgan fingerprint density at radius 3 is 2.37 bits per heavy atom. The molecule has 1 unspecified atom stereocenters. The molecule has 0 radical (unpaired) electrons. The summed E-state index contributed by atoms with van der Waals surface area (Å²) < 4.78 is 26.3. The second-order valence-electron chi connectivity index (χ2n) is 4.81. The molecule has 0 saturated heterocycles. The van der Waals surface area contributed by atoms with Crippen molar-refractivity contribution in [1.29, 1.82) is 0 Å². The Hall–Kier alpha value is -1.45. The highest BCUT2D eigenvalue weighted by Gasteiger charge is 2.23. The first kappa shape index (κ1) is 14.0. The Bertz CT molecular complexity index is 579. The highest BCUT2D eigenvalue weighted by Crippen LogP contribution is 2.28. The molecule has 4 heteroatoms. The Kier molecular flexibility index (Phi) is 3.88. The first-order valence-electron chi connectivity index (χ1n) is 5.88. The van der Waals surface area contributed by atoms with Gasteiger partial charge in [0.15, 0.2) is 0 Å². The molecule has 0 fully saturated rings. The van der Waals surface area contributed by atoms with E-state index in [1.807, 2.05) is 6.92 Å². The average Bonchev–Trinajstić information content (AvgIpc) is 2.35. The summed E-state index contributed by atoms with van der Waals surface area (Å²) in [5.41, 5.74) is 6.90. The number of hydrogen-bond donors (Lipinski definition) is 1. The molecule has 2 rings (SSSR count). The minimum Gasteiger partial charge on any atom is -0.321 e. The van der Waals surface area contributed by atoms with Gasteiger partial charge in [0.05, 0.1) is 5.02 Å². The van der Waals surface area contributed by atoms with Gasteiger partial charge < -0.3 is 5.73 Å². The van der Waals surface area contributed by atoms with Crippen molar-refractivity contribution in [2.75, 3.05) is 0 Å². The van der Waals surface area contributed by atoms with E-state index in [9.17, 15) is 8.78 Å². The molecule has 1 atom stereocenters. The van der Waals surface area contributed by atoms with Gasteiger partial charge in [-0.05, 0) is 42.7 Å². The molecule has 0 bridgehead atoms. The Morgan fingerprint density at radius 1 is 1.11 bits per heavy atom. The topological polar surface area (TPSA) is 26.0 Å². The maximum atomic E-state index is 13.4. The van der Waals surface area contributed by atoms with E-state index in [-0.39, 0.29) is 10.8 Å². The molecule has 0 saturated carbocycles. The van der Waals surface area contributed by atoms with Crippen molar-refractivity contribution < 1.29 is 8.78 Å². The molecule has 0 aliphatic rings. The van der Waals surface area contributed by atoms with Crippen molar-refractivity contribution in [2.24, 2.45) is 5.73 Å². The lowest BCUT2D eigenvalue weighted by Crippen LogP contribution is -2.35. The van der Waals surface area contributed by atoms with Crippen molar-refractivity contribution in [3.63, 3.8) is 0 Å². The molecule has 2 aromatic rings. The maximum Gasteiger partial charge on any atom is 0.142 e. The van der Waals surface area contributed by atoms with Crippen molar-refractivity contribution >= 4 is 11.6 Å². The third-order valence-corrected chi connectivity index (χ3v) is 3.52. The van der Waals surface area contributed by atoms with Crippen molar-refractivity contribution in [3.8, 4) is 0 Å². The van der Waals surface area contributed by atoms with Crippen LogP contribution in [0.2, 0.25) is 5.02 Å². The molecule has 0 aromatic heterocycles. The van der Waals surface area contributed by atoms with Gasteiger partial charge in [-0.25, -0.2) is 8.78 Å². The van der Waals surface area contributed by atoms with Crippen LogP contribution in [-0.2, 0) is 12.0 Å². The monoisotopic (exact) mass is 281 g/mol. The summed E-state index contributed by atoms with van der Waals surface area (Å²) in [6, 6.07) is 10.6. The van der Waals surface area contributed by atoms with E-state index >= 15 is 0 Å². The number of halogens is 3. The largest absolute Gasteiger partial charge is 0.321 e. The zero-order chi connectivity index (χ0) is 14.0. The minimum absolute atomic E-state index is 0.0845. The summed E-state index contributed by atoms with van der Waals surface area (Å²) in [7, 11) is 0. The summed E-state index contributed by atoms with van der Waals surface area (Å²) in [5.74, 6) is -0.780. The lowest BCUT2D eigenvalue weighted by Gasteiger charge is -2.26. The molecular formula is C15H14ClF2N. The van der Waals surface area contributed by atoms with Gasteiger partial charge in [-0.3, -0.25) is 0 Å². The van der Waals surface area contributed by atoms with Crippen LogP contribution >= 0.6 is 11.6 Å². The van der Waals surface area contributed by atoms with Crippen LogP contribution in [0.4, 0.5) is 8.78 Å². The second-order valence-corrected chi connectivity index (χ2v) is 5.19. The van der Waals surface area contributed by atoms with Crippen LogP contribution in [0.1, 0.15) is 18.1 Å². The predicted octanol–water partition coefficient (Wildman–Crippen LogP) is 4.03. The predicted molar refractivity (Wildman–Crippen MR) is 73.1 cm³/mol. The fourth-order valence-electron chi connectivity index (χ4n) is 2.01. The van der Waals surface area contributed by atoms with Crippen molar-refractivity contribution in [3.05, 3.63) is 70.2 Å². The van der Waals surface area contributed by atoms with E-state index in [4.69, 9.17) is 17.3 Å². The summed E-state index contributed by atoms with van der Waals surface area (Å²) in [6.45, 7) is 1.81. The van der Waals surface area contributed by atoms with Gasteiger partial charge in [0.2, 0.25) is 0 Å². The normalized spacial score (nSPS) is 14.2. The molecule has 19 heavy (non-hydrogen) atoms. The van der Waals surface area contributed by atoms with Gasteiger partial charge in [0.25, 0.3) is 0 Å².